The van der Waals surface area contributed by atoms with Crippen LogP contribution in [0.1, 0.15) is 6.92 Å². The van der Waals surface area contributed by atoms with Gasteiger partial charge in [-0.15, -0.1) is 0 Å². The summed E-state index contributed by atoms with van der Waals surface area (Å²) in [6.07, 6.45) is -0.586. The third-order valence-electron chi connectivity index (χ3n) is 4.25. The molecule has 2 aliphatic rings. The van der Waals surface area contributed by atoms with Gasteiger partial charge in [0.15, 0.2) is 0 Å². The Morgan fingerprint density at radius 3 is 2.24 bits per heavy atom. The van der Waals surface area contributed by atoms with E-state index in [4.69, 9.17) is 0 Å². The van der Waals surface area contributed by atoms with Gasteiger partial charge in [0.25, 0.3) is 0 Å². The number of hydrogen-bond donors (Lipinski definition) is 1. The Hall–Kier alpha value is -1.18. The van der Waals surface area contributed by atoms with Gasteiger partial charge >= 0.3 is 0 Å². The summed E-state index contributed by atoms with van der Waals surface area (Å²) in [4.78, 5) is 31.4. The Labute approximate surface area is 126 Å². The number of aliphatic hydroxyl groups excluding tert-OH is 1. The molecular formula is C14H26N4O3. The molecule has 2 fully saturated rings. The van der Waals surface area contributed by atoms with Crippen LogP contribution in [0.5, 0.6) is 0 Å². The van der Waals surface area contributed by atoms with E-state index in [0.717, 1.165) is 26.2 Å². The first-order chi connectivity index (χ1) is 9.95. The molecule has 0 bridgehead atoms. The lowest BCUT2D eigenvalue weighted by Crippen LogP contribution is -2.50. The highest BCUT2D eigenvalue weighted by Gasteiger charge is 2.26. The molecule has 0 saturated carbocycles. The van der Waals surface area contributed by atoms with Gasteiger partial charge in [-0.2, -0.15) is 0 Å². The molecular weight excluding hydrogens is 272 g/mol. The summed E-state index contributed by atoms with van der Waals surface area (Å²) < 4.78 is 0. The molecule has 2 saturated heterocycles. The fraction of sp³-hybridized carbons (Fsp3) is 0.857. The monoisotopic (exact) mass is 298 g/mol. The van der Waals surface area contributed by atoms with Crippen LogP contribution < -0.4 is 0 Å². The molecule has 0 radical (unpaired) electrons. The number of aliphatic hydroxyl groups is 1. The Balaban J connectivity index is 1.84. The summed E-state index contributed by atoms with van der Waals surface area (Å²) in [5, 5.41) is 9.97. The average molecular weight is 298 g/mol. The molecule has 0 aromatic heterocycles. The van der Waals surface area contributed by atoms with Crippen molar-refractivity contribution in [2.75, 3.05) is 66.0 Å². The lowest BCUT2D eigenvalue weighted by Gasteiger charge is -2.34. The molecule has 1 unspecified atom stereocenters. The second-order valence-corrected chi connectivity index (χ2v) is 6.04. The van der Waals surface area contributed by atoms with E-state index in [1.807, 2.05) is 9.80 Å². The predicted molar refractivity (Wildman–Crippen MR) is 78.8 cm³/mol. The van der Waals surface area contributed by atoms with Crippen molar-refractivity contribution in [3.63, 3.8) is 0 Å². The minimum absolute atomic E-state index is 0.0266. The third kappa shape index (κ3) is 4.66. The van der Waals surface area contributed by atoms with Crippen molar-refractivity contribution < 1.29 is 14.7 Å². The smallest absolute Gasteiger partial charge is 0.236 e. The molecule has 7 heteroatoms. The number of likely N-dealkylation sites (N-methyl/N-ethyl adjacent to an activating group) is 1. The van der Waals surface area contributed by atoms with E-state index < -0.39 is 6.10 Å². The molecule has 2 aliphatic heterocycles. The van der Waals surface area contributed by atoms with Crippen LogP contribution in [0.2, 0.25) is 0 Å². The summed E-state index contributed by atoms with van der Waals surface area (Å²) >= 11 is 0. The molecule has 0 aromatic carbocycles. The molecule has 21 heavy (non-hydrogen) atoms. The minimum atomic E-state index is -0.586. The number of nitrogens with zero attached hydrogens (tertiary/aromatic N) is 4. The van der Waals surface area contributed by atoms with Crippen LogP contribution >= 0.6 is 0 Å². The minimum Gasteiger partial charge on any atom is -0.390 e. The van der Waals surface area contributed by atoms with Gasteiger partial charge in [-0.3, -0.25) is 14.5 Å². The van der Waals surface area contributed by atoms with Gasteiger partial charge in [0.05, 0.1) is 12.6 Å². The van der Waals surface area contributed by atoms with E-state index in [-0.39, 0.29) is 11.8 Å². The van der Waals surface area contributed by atoms with E-state index >= 15 is 0 Å². The fourth-order valence-corrected chi connectivity index (χ4v) is 2.83. The largest absolute Gasteiger partial charge is 0.390 e. The molecule has 1 N–H and O–H groups in total. The lowest BCUT2D eigenvalue weighted by molar-refractivity contribution is -0.134. The van der Waals surface area contributed by atoms with Crippen LogP contribution in [0.25, 0.3) is 0 Å². The van der Waals surface area contributed by atoms with E-state index in [1.165, 1.54) is 6.92 Å². The molecule has 120 valence electrons. The first-order valence-electron chi connectivity index (χ1n) is 7.58. The van der Waals surface area contributed by atoms with Crippen LogP contribution in [0.4, 0.5) is 0 Å². The second-order valence-electron chi connectivity index (χ2n) is 6.04. The van der Waals surface area contributed by atoms with Gasteiger partial charge in [0, 0.05) is 59.3 Å². The van der Waals surface area contributed by atoms with Crippen molar-refractivity contribution in [3.8, 4) is 0 Å². The van der Waals surface area contributed by atoms with Gasteiger partial charge in [0.1, 0.15) is 0 Å². The van der Waals surface area contributed by atoms with Crippen LogP contribution in [-0.4, -0.2) is 109 Å². The van der Waals surface area contributed by atoms with Crippen molar-refractivity contribution in [1.82, 2.24) is 19.6 Å². The van der Waals surface area contributed by atoms with Gasteiger partial charge in [0.2, 0.25) is 11.8 Å². The van der Waals surface area contributed by atoms with E-state index in [2.05, 4.69) is 11.9 Å². The second kappa shape index (κ2) is 7.20. The zero-order valence-corrected chi connectivity index (χ0v) is 13.0. The zero-order valence-electron chi connectivity index (χ0n) is 13.0. The highest BCUT2D eigenvalue weighted by atomic mass is 16.3. The van der Waals surface area contributed by atoms with E-state index in [9.17, 15) is 14.7 Å². The van der Waals surface area contributed by atoms with Crippen molar-refractivity contribution in [3.05, 3.63) is 0 Å². The molecule has 0 aromatic rings. The number of β-amino-alcohol motifs (C(OH)–C–C–N with tert-alkyl or cyclic N) is 1. The number of piperazine rings is 1. The molecule has 2 rings (SSSR count). The van der Waals surface area contributed by atoms with Gasteiger partial charge in [-0.1, -0.05) is 0 Å². The molecule has 0 spiro atoms. The van der Waals surface area contributed by atoms with Crippen LogP contribution in [0, 0.1) is 0 Å². The van der Waals surface area contributed by atoms with Crippen LogP contribution in [-0.2, 0) is 9.59 Å². The summed E-state index contributed by atoms with van der Waals surface area (Å²) in [7, 11) is 2.06. The van der Waals surface area contributed by atoms with Crippen molar-refractivity contribution in [2.24, 2.45) is 0 Å². The first-order valence-corrected chi connectivity index (χ1v) is 7.58. The standard InChI is InChI=1S/C14H26N4O3/c1-12(19)18-8-5-16(9-13(20)10-18)11-14(21)17-6-3-15(2)4-7-17/h13,20H,3-11H2,1-2H3. The van der Waals surface area contributed by atoms with Crippen LogP contribution in [0.15, 0.2) is 0 Å². The molecule has 2 amide bonds. The maximum atomic E-state index is 12.3. The average Bonchev–Trinajstić information content (AvgIpc) is 2.61. The predicted octanol–water partition coefficient (Wildman–Crippen LogP) is -1.71. The highest BCUT2D eigenvalue weighted by molar-refractivity contribution is 5.78. The molecule has 0 aliphatic carbocycles. The number of carbonyl (C=O) groups is 2. The van der Waals surface area contributed by atoms with Crippen molar-refractivity contribution >= 4 is 11.8 Å². The summed E-state index contributed by atoms with van der Waals surface area (Å²) in [6.45, 7) is 7.20. The fourth-order valence-electron chi connectivity index (χ4n) is 2.83. The lowest BCUT2D eigenvalue weighted by atomic mass is 10.3. The van der Waals surface area contributed by atoms with E-state index in [0.29, 0.717) is 32.7 Å². The maximum Gasteiger partial charge on any atom is 0.236 e. The topological polar surface area (TPSA) is 67.3 Å². The molecule has 7 nitrogen and oxygen atoms in total. The number of hydrogen-bond acceptors (Lipinski definition) is 5. The quantitative estimate of drug-likeness (QED) is 0.657. The Kier molecular flexibility index (Phi) is 5.55. The van der Waals surface area contributed by atoms with Gasteiger partial charge < -0.3 is 19.8 Å². The number of amides is 2. The van der Waals surface area contributed by atoms with Crippen molar-refractivity contribution in [2.45, 2.75) is 13.0 Å². The number of rotatable bonds is 2. The summed E-state index contributed by atoms with van der Waals surface area (Å²) in [5.41, 5.74) is 0. The SMILES string of the molecule is CC(=O)N1CCN(CC(=O)N2CCN(C)CC2)CC(O)C1. The normalized spacial score (nSPS) is 25.8. The number of carbonyl (C=O) groups excluding carboxylic acids is 2. The Bertz CT molecular complexity index is 382. The summed E-state index contributed by atoms with van der Waals surface area (Å²) in [5.74, 6) is 0.0906. The summed E-state index contributed by atoms with van der Waals surface area (Å²) in [6, 6.07) is 0. The highest BCUT2D eigenvalue weighted by Crippen LogP contribution is 2.06. The third-order valence-corrected chi connectivity index (χ3v) is 4.25. The van der Waals surface area contributed by atoms with E-state index in [1.54, 1.807) is 4.90 Å². The van der Waals surface area contributed by atoms with Crippen LogP contribution in [0.3, 0.4) is 0 Å². The zero-order chi connectivity index (χ0) is 15.4. The van der Waals surface area contributed by atoms with Gasteiger partial charge in [-0.25, -0.2) is 0 Å². The molecule has 2 heterocycles. The van der Waals surface area contributed by atoms with Crippen molar-refractivity contribution in [1.29, 1.82) is 0 Å². The first kappa shape index (κ1) is 16.2. The van der Waals surface area contributed by atoms with Gasteiger partial charge in [-0.05, 0) is 7.05 Å². The maximum absolute atomic E-state index is 12.3. The molecule has 1 atom stereocenters. The Morgan fingerprint density at radius 1 is 1.00 bits per heavy atom. The Morgan fingerprint density at radius 2 is 1.62 bits per heavy atom.